The third-order valence-electron chi connectivity index (χ3n) is 2.86. The van der Waals surface area contributed by atoms with E-state index >= 15 is 0 Å². The Morgan fingerprint density at radius 3 is 2.62 bits per heavy atom. The number of hydrogen-bond acceptors (Lipinski definition) is 6. The van der Waals surface area contributed by atoms with Crippen LogP contribution >= 0.6 is 23.5 Å². The Labute approximate surface area is 132 Å². The molecule has 0 aliphatic carbocycles. The van der Waals surface area contributed by atoms with E-state index in [0.717, 1.165) is 16.7 Å². The molecule has 21 heavy (non-hydrogen) atoms. The fourth-order valence-corrected chi connectivity index (χ4v) is 3.20. The van der Waals surface area contributed by atoms with Crippen molar-refractivity contribution < 1.29 is 9.53 Å². The van der Waals surface area contributed by atoms with E-state index in [1.165, 1.54) is 29.3 Å². The highest BCUT2D eigenvalue weighted by molar-refractivity contribution is 7.99. The fraction of sp³-hybridized carbons (Fsp3) is 0.357. The van der Waals surface area contributed by atoms with Crippen molar-refractivity contribution >= 4 is 29.5 Å². The zero-order chi connectivity index (χ0) is 15.2. The van der Waals surface area contributed by atoms with Crippen LogP contribution < -0.4 is 0 Å². The smallest absolute Gasteiger partial charge is 0.316 e. The number of ether oxygens (including phenoxy) is 1. The van der Waals surface area contributed by atoms with Gasteiger partial charge in [-0.15, -0.1) is 22.0 Å². The molecule has 1 aromatic heterocycles. The second kappa shape index (κ2) is 7.51. The van der Waals surface area contributed by atoms with Crippen LogP contribution in [0.25, 0.3) is 0 Å². The molecule has 0 saturated heterocycles. The SMILES string of the molecule is COC(=O)CSc1nnc(CSc2ccc(C)cc2)n1C. The van der Waals surface area contributed by atoms with Crippen LogP contribution in [-0.4, -0.2) is 33.6 Å². The van der Waals surface area contributed by atoms with Crippen molar-refractivity contribution in [1.82, 2.24) is 14.8 Å². The topological polar surface area (TPSA) is 57.0 Å². The maximum atomic E-state index is 11.1. The lowest BCUT2D eigenvalue weighted by Crippen LogP contribution is -2.05. The lowest BCUT2D eigenvalue weighted by molar-refractivity contribution is -0.137. The van der Waals surface area contributed by atoms with Gasteiger partial charge in [0.05, 0.1) is 18.6 Å². The summed E-state index contributed by atoms with van der Waals surface area (Å²) in [4.78, 5) is 12.3. The quantitative estimate of drug-likeness (QED) is 0.602. The third-order valence-corrected chi connectivity index (χ3v) is 4.86. The molecule has 0 N–H and O–H groups in total. The first kappa shape index (κ1) is 15.9. The van der Waals surface area contributed by atoms with Gasteiger partial charge in [0.1, 0.15) is 5.82 Å². The Balaban J connectivity index is 1.93. The van der Waals surface area contributed by atoms with E-state index in [1.807, 2.05) is 11.6 Å². The molecule has 1 heterocycles. The van der Waals surface area contributed by atoms with Gasteiger partial charge in [-0.05, 0) is 19.1 Å². The summed E-state index contributed by atoms with van der Waals surface area (Å²) in [5.41, 5.74) is 1.25. The Morgan fingerprint density at radius 1 is 1.24 bits per heavy atom. The summed E-state index contributed by atoms with van der Waals surface area (Å²) in [6.07, 6.45) is 0. The molecule has 112 valence electrons. The molecule has 0 saturated carbocycles. The van der Waals surface area contributed by atoms with Crippen molar-refractivity contribution in [2.75, 3.05) is 12.9 Å². The normalized spacial score (nSPS) is 10.6. The van der Waals surface area contributed by atoms with E-state index < -0.39 is 0 Å². The minimum Gasteiger partial charge on any atom is -0.468 e. The summed E-state index contributed by atoms with van der Waals surface area (Å²) in [5.74, 6) is 1.60. The van der Waals surface area contributed by atoms with Gasteiger partial charge in [-0.1, -0.05) is 29.5 Å². The number of benzene rings is 1. The number of rotatable bonds is 6. The molecule has 0 unspecified atom stereocenters. The van der Waals surface area contributed by atoms with Crippen molar-refractivity contribution in [1.29, 1.82) is 0 Å². The number of thioether (sulfide) groups is 2. The summed E-state index contributed by atoms with van der Waals surface area (Å²) in [6, 6.07) is 8.39. The molecule has 7 heteroatoms. The Kier molecular flexibility index (Phi) is 5.69. The van der Waals surface area contributed by atoms with E-state index in [1.54, 1.807) is 11.8 Å². The van der Waals surface area contributed by atoms with Gasteiger partial charge in [0, 0.05) is 11.9 Å². The number of nitrogens with zero attached hydrogens (tertiary/aromatic N) is 3. The van der Waals surface area contributed by atoms with Crippen molar-refractivity contribution in [3.63, 3.8) is 0 Å². The van der Waals surface area contributed by atoms with Gasteiger partial charge in [0.2, 0.25) is 0 Å². The molecular weight excluding hydrogens is 306 g/mol. The predicted molar refractivity (Wildman–Crippen MR) is 84.5 cm³/mol. The number of methoxy groups -OCH3 is 1. The lowest BCUT2D eigenvalue weighted by Gasteiger charge is -2.04. The van der Waals surface area contributed by atoms with Crippen LogP contribution in [0.3, 0.4) is 0 Å². The number of esters is 1. The first-order valence-electron chi connectivity index (χ1n) is 6.37. The molecule has 0 radical (unpaired) electrons. The summed E-state index contributed by atoms with van der Waals surface area (Å²) >= 11 is 3.04. The van der Waals surface area contributed by atoms with Gasteiger partial charge >= 0.3 is 5.97 Å². The van der Waals surface area contributed by atoms with E-state index in [4.69, 9.17) is 0 Å². The molecule has 1 aromatic carbocycles. The van der Waals surface area contributed by atoms with Gasteiger partial charge in [-0.3, -0.25) is 4.79 Å². The summed E-state index contributed by atoms with van der Waals surface area (Å²) < 4.78 is 6.52. The van der Waals surface area contributed by atoms with E-state index in [0.29, 0.717) is 0 Å². The highest BCUT2D eigenvalue weighted by Gasteiger charge is 2.11. The number of aryl methyl sites for hydroxylation is 1. The molecule has 0 fully saturated rings. The van der Waals surface area contributed by atoms with Crippen LogP contribution in [-0.2, 0) is 22.3 Å². The van der Waals surface area contributed by atoms with Crippen LogP contribution in [0.5, 0.6) is 0 Å². The molecule has 5 nitrogen and oxygen atoms in total. The Hall–Kier alpha value is -1.47. The lowest BCUT2D eigenvalue weighted by atomic mass is 10.2. The highest BCUT2D eigenvalue weighted by atomic mass is 32.2. The van der Waals surface area contributed by atoms with Crippen LogP contribution in [0.1, 0.15) is 11.4 Å². The van der Waals surface area contributed by atoms with E-state index in [9.17, 15) is 4.79 Å². The van der Waals surface area contributed by atoms with Gasteiger partial charge in [0.25, 0.3) is 0 Å². The number of carbonyl (C=O) groups is 1. The highest BCUT2D eigenvalue weighted by Crippen LogP contribution is 2.24. The van der Waals surface area contributed by atoms with Crippen molar-refractivity contribution in [3.8, 4) is 0 Å². The summed E-state index contributed by atoms with van der Waals surface area (Å²) in [6.45, 7) is 2.07. The zero-order valence-corrected chi connectivity index (χ0v) is 13.8. The van der Waals surface area contributed by atoms with Crippen molar-refractivity contribution in [3.05, 3.63) is 35.7 Å². The van der Waals surface area contributed by atoms with Gasteiger partial charge in [0.15, 0.2) is 5.16 Å². The molecule has 0 spiro atoms. The maximum Gasteiger partial charge on any atom is 0.316 e. The van der Waals surface area contributed by atoms with Crippen LogP contribution in [0.15, 0.2) is 34.3 Å². The minimum absolute atomic E-state index is 0.244. The molecule has 0 aliphatic heterocycles. The van der Waals surface area contributed by atoms with Gasteiger partial charge in [-0.2, -0.15) is 0 Å². The predicted octanol–water partition coefficient (Wildman–Crippen LogP) is 2.68. The Bertz CT molecular complexity index is 611. The number of carbonyl (C=O) groups excluding carboxylic acids is 1. The molecule has 0 atom stereocenters. The second-order valence-corrected chi connectivity index (χ2v) is 6.42. The molecule has 0 bridgehead atoms. The second-order valence-electron chi connectivity index (χ2n) is 4.42. The molecule has 0 aliphatic rings. The Morgan fingerprint density at radius 2 is 1.95 bits per heavy atom. The fourth-order valence-electron chi connectivity index (χ4n) is 1.56. The first-order chi connectivity index (χ1) is 10.1. The van der Waals surface area contributed by atoms with E-state index in [2.05, 4.69) is 46.1 Å². The summed E-state index contributed by atoms with van der Waals surface area (Å²) in [7, 11) is 3.29. The monoisotopic (exact) mass is 323 g/mol. The maximum absolute atomic E-state index is 11.1. The average molecular weight is 323 g/mol. The van der Waals surface area contributed by atoms with Crippen LogP contribution in [0.4, 0.5) is 0 Å². The largest absolute Gasteiger partial charge is 0.468 e. The van der Waals surface area contributed by atoms with Crippen molar-refractivity contribution in [2.45, 2.75) is 22.7 Å². The first-order valence-corrected chi connectivity index (χ1v) is 8.34. The van der Waals surface area contributed by atoms with E-state index in [-0.39, 0.29) is 11.7 Å². The molecule has 2 aromatic rings. The van der Waals surface area contributed by atoms with Gasteiger partial charge in [-0.25, -0.2) is 0 Å². The van der Waals surface area contributed by atoms with Gasteiger partial charge < -0.3 is 9.30 Å². The zero-order valence-electron chi connectivity index (χ0n) is 12.2. The van der Waals surface area contributed by atoms with Crippen molar-refractivity contribution in [2.24, 2.45) is 7.05 Å². The minimum atomic E-state index is -0.265. The standard InChI is InChI=1S/C14H17N3O2S2/c1-10-4-6-11(7-5-10)20-8-12-15-16-14(17(12)2)21-9-13(18)19-3/h4-7H,8-9H2,1-3H3. The summed E-state index contributed by atoms with van der Waals surface area (Å²) in [5, 5.41) is 9.00. The molecular formula is C14H17N3O2S2. The van der Waals surface area contributed by atoms with Crippen LogP contribution in [0.2, 0.25) is 0 Å². The van der Waals surface area contributed by atoms with Crippen LogP contribution in [0, 0.1) is 6.92 Å². The molecule has 2 rings (SSSR count). The average Bonchev–Trinajstić information content (AvgIpc) is 2.85. The molecule has 0 amide bonds. The number of hydrogen-bond donors (Lipinski definition) is 0. The number of aromatic nitrogens is 3. The third kappa shape index (κ3) is 4.50.